The number of nitrogens with zero attached hydrogens (tertiary/aromatic N) is 1. The van der Waals surface area contributed by atoms with E-state index in [0.717, 1.165) is 6.42 Å². The Morgan fingerprint density at radius 1 is 1.50 bits per heavy atom. The lowest BCUT2D eigenvalue weighted by molar-refractivity contribution is -0.137. The first kappa shape index (κ1) is 10.7. The minimum absolute atomic E-state index is 0.134. The Hall–Kier alpha value is -1.84. The molecule has 0 saturated carbocycles. The molecule has 1 aliphatic carbocycles. The topological polar surface area (TPSA) is 46.6 Å². The van der Waals surface area contributed by atoms with Gasteiger partial charge in [-0.05, 0) is 12.8 Å². The maximum absolute atomic E-state index is 11.9. The van der Waals surface area contributed by atoms with Gasteiger partial charge in [0.25, 0.3) is 11.8 Å². The number of allylic oxidation sites excluding steroid dienone is 1. The van der Waals surface area contributed by atoms with Gasteiger partial charge >= 0.3 is 0 Å². The lowest BCUT2D eigenvalue weighted by Crippen LogP contribution is -2.33. The SMILES string of the molecule is C=C(CN1C(=O)C2=C(CCC=C2)C1=O)OC. The zero-order valence-corrected chi connectivity index (χ0v) is 9.16. The van der Waals surface area contributed by atoms with Crippen LogP contribution in [0.2, 0.25) is 0 Å². The molecule has 4 heteroatoms. The van der Waals surface area contributed by atoms with Crippen molar-refractivity contribution in [1.29, 1.82) is 0 Å². The fourth-order valence-electron chi connectivity index (χ4n) is 1.87. The van der Waals surface area contributed by atoms with E-state index in [4.69, 9.17) is 4.74 Å². The minimum Gasteiger partial charge on any atom is -0.500 e. The van der Waals surface area contributed by atoms with E-state index >= 15 is 0 Å². The van der Waals surface area contributed by atoms with Gasteiger partial charge in [-0.3, -0.25) is 14.5 Å². The summed E-state index contributed by atoms with van der Waals surface area (Å²) in [4.78, 5) is 25.0. The molecular formula is C12H13NO3. The Morgan fingerprint density at radius 3 is 2.88 bits per heavy atom. The van der Waals surface area contributed by atoms with Crippen molar-refractivity contribution in [1.82, 2.24) is 4.90 Å². The monoisotopic (exact) mass is 219 g/mol. The van der Waals surface area contributed by atoms with Crippen LogP contribution < -0.4 is 0 Å². The molecule has 0 aromatic rings. The van der Waals surface area contributed by atoms with Gasteiger partial charge in [0.2, 0.25) is 0 Å². The third kappa shape index (κ3) is 1.56. The van der Waals surface area contributed by atoms with Gasteiger partial charge in [-0.25, -0.2) is 0 Å². The fraction of sp³-hybridized carbons (Fsp3) is 0.333. The van der Waals surface area contributed by atoms with Gasteiger partial charge < -0.3 is 4.74 Å². The molecule has 0 fully saturated rings. The average Bonchev–Trinajstić information content (AvgIpc) is 2.55. The molecule has 0 spiro atoms. The van der Waals surface area contributed by atoms with Crippen LogP contribution in [-0.4, -0.2) is 30.4 Å². The van der Waals surface area contributed by atoms with Gasteiger partial charge in [0, 0.05) is 11.1 Å². The van der Waals surface area contributed by atoms with E-state index < -0.39 is 0 Å². The lowest BCUT2D eigenvalue weighted by atomic mass is 10.00. The van der Waals surface area contributed by atoms with E-state index in [1.165, 1.54) is 12.0 Å². The highest BCUT2D eigenvalue weighted by Gasteiger charge is 2.37. The van der Waals surface area contributed by atoms with Gasteiger partial charge in [0.1, 0.15) is 5.76 Å². The van der Waals surface area contributed by atoms with E-state index in [9.17, 15) is 9.59 Å². The van der Waals surface area contributed by atoms with Crippen molar-refractivity contribution in [3.8, 4) is 0 Å². The van der Waals surface area contributed by atoms with Crippen molar-refractivity contribution >= 4 is 11.8 Å². The van der Waals surface area contributed by atoms with Crippen molar-refractivity contribution in [2.45, 2.75) is 12.8 Å². The van der Waals surface area contributed by atoms with E-state index in [1.807, 2.05) is 6.08 Å². The fourth-order valence-corrected chi connectivity index (χ4v) is 1.87. The first-order valence-electron chi connectivity index (χ1n) is 5.12. The predicted octanol–water partition coefficient (Wildman–Crippen LogP) is 1.16. The Morgan fingerprint density at radius 2 is 2.25 bits per heavy atom. The van der Waals surface area contributed by atoms with Crippen LogP contribution in [0.5, 0.6) is 0 Å². The van der Waals surface area contributed by atoms with E-state index in [1.54, 1.807) is 6.08 Å². The number of carbonyl (C=O) groups is 2. The van der Waals surface area contributed by atoms with Crippen LogP contribution in [0.3, 0.4) is 0 Å². The molecule has 0 aromatic heterocycles. The van der Waals surface area contributed by atoms with Crippen molar-refractivity contribution in [2.75, 3.05) is 13.7 Å². The van der Waals surface area contributed by atoms with Crippen molar-refractivity contribution in [3.63, 3.8) is 0 Å². The number of ether oxygens (including phenoxy) is 1. The highest BCUT2D eigenvalue weighted by molar-refractivity contribution is 6.21. The highest BCUT2D eigenvalue weighted by atomic mass is 16.5. The predicted molar refractivity (Wildman–Crippen MR) is 58.3 cm³/mol. The molecule has 2 aliphatic rings. The van der Waals surface area contributed by atoms with E-state index in [0.29, 0.717) is 23.3 Å². The largest absolute Gasteiger partial charge is 0.500 e. The smallest absolute Gasteiger partial charge is 0.261 e. The summed E-state index contributed by atoms with van der Waals surface area (Å²) in [5, 5.41) is 0. The second-order valence-electron chi connectivity index (χ2n) is 3.77. The van der Waals surface area contributed by atoms with Crippen LogP contribution >= 0.6 is 0 Å². The Bertz CT molecular complexity index is 432. The number of carbonyl (C=O) groups excluding carboxylic acids is 2. The summed E-state index contributed by atoms with van der Waals surface area (Å²) in [7, 11) is 1.47. The molecule has 2 rings (SSSR count). The van der Waals surface area contributed by atoms with E-state index in [-0.39, 0.29) is 18.4 Å². The lowest BCUT2D eigenvalue weighted by Gasteiger charge is -2.15. The molecule has 4 nitrogen and oxygen atoms in total. The molecule has 0 bridgehead atoms. The van der Waals surface area contributed by atoms with Crippen LogP contribution in [0, 0.1) is 0 Å². The summed E-state index contributed by atoms with van der Waals surface area (Å²) in [5.74, 6) is -0.0396. The summed E-state index contributed by atoms with van der Waals surface area (Å²) in [6.45, 7) is 3.75. The van der Waals surface area contributed by atoms with Crippen LogP contribution in [0.1, 0.15) is 12.8 Å². The zero-order valence-electron chi connectivity index (χ0n) is 9.16. The highest BCUT2D eigenvalue weighted by Crippen LogP contribution is 2.29. The normalized spacial score (nSPS) is 19.2. The standard InChI is InChI=1S/C12H13NO3/c1-8(16-2)7-13-11(14)9-5-3-4-6-10(9)12(13)15/h3,5H,1,4,6-7H2,2H3. The molecule has 0 unspecified atom stereocenters. The van der Waals surface area contributed by atoms with Crippen LogP contribution in [0.15, 0.2) is 35.6 Å². The minimum atomic E-state index is -0.242. The number of imide groups is 1. The summed E-state index contributed by atoms with van der Waals surface area (Å²) in [6, 6.07) is 0. The van der Waals surface area contributed by atoms with Crippen LogP contribution in [-0.2, 0) is 14.3 Å². The first-order chi connectivity index (χ1) is 7.65. The van der Waals surface area contributed by atoms with Gasteiger partial charge in [0.05, 0.1) is 13.7 Å². The van der Waals surface area contributed by atoms with Crippen LogP contribution in [0.4, 0.5) is 0 Å². The summed E-state index contributed by atoms with van der Waals surface area (Å²) in [6.07, 6.45) is 5.11. The molecule has 84 valence electrons. The second kappa shape index (κ2) is 3.96. The van der Waals surface area contributed by atoms with Gasteiger partial charge in [-0.1, -0.05) is 18.7 Å². The average molecular weight is 219 g/mol. The number of amides is 2. The molecule has 1 aliphatic heterocycles. The number of methoxy groups -OCH3 is 1. The molecule has 0 radical (unpaired) electrons. The molecule has 0 atom stereocenters. The number of hydrogen-bond acceptors (Lipinski definition) is 3. The van der Waals surface area contributed by atoms with Gasteiger partial charge in [0.15, 0.2) is 0 Å². The quantitative estimate of drug-likeness (QED) is 0.528. The third-order valence-corrected chi connectivity index (χ3v) is 2.77. The van der Waals surface area contributed by atoms with Crippen molar-refractivity contribution in [2.24, 2.45) is 0 Å². The summed E-state index contributed by atoms with van der Waals surface area (Å²) < 4.78 is 4.89. The number of rotatable bonds is 3. The van der Waals surface area contributed by atoms with Gasteiger partial charge in [-0.2, -0.15) is 0 Å². The molecule has 16 heavy (non-hydrogen) atoms. The molecule has 0 aromatic carbocycles. The molecule has 2 amide bonds. The number of hydrogen-bond donors (Lipinski definition) is 0. The first-order valence-corrected chi connectivity index (χ1v) is 5.12. The maximum Gasteiger partial charge on any atom is 0.261 e. The second-order valence-corrected chi connectivity index (χ2v) is 3.77. The molecule has 0 N–H and O–H groups in total. The van der Waals surface area contributed by atoms with Crippen molar-refractivity contribution < 1.29 is 14.3 Å². The van der Waals surface area contributed by atoms with E-state index in [2.05, 4.69) is 6.58 Å². The Labute approximate surface area is 93.9 Å². The maximum atomic E-state index is 11.9. The summed E-state index contributed by atoms with van der Waals surface area (Å²) in [5.41, 5.74) is 1.15. The van der Waals surface area contributed by atoms with Gasteiger partial charge in [-0.15, -0.1) is 0 Å². The van der Waals surface area contributed by atoms with Crippen molar-refractivity contribution in [3.05, 3.63) is 35.6 Å². The third-order valence-electron chi connectivity index (χ3n) is 2.77. The summed E-state index contributed by atoms with van der Waals surface area (Å²) >= 11 is 0. The van der Waals surface area contributed by atoms with Crippen LogP contribution in [0.25, 0.3) is 0 Å². The Kier molecular flexibility index (Phi) is 2.64. The molecule has 0 saturated heterocycles. The zero-order chi connectivity index (χ0) is 11.7. The Balaban J connectivity index is 2.22. The molecular weight excluding hydrogens is 206 g/mol. The molecule has 1 heterocycles.